The molecule has 1 N–H and O–H groups in total. The number of para-hydroxylation sites is 1. The first kappa shape index (κ1) is 24.5. The molecule has 0 saturated heterocycles. The van der Waals surface area contributed by atoms with Crippen molar-refractivity contribution in [2.75, 3.05) is 0 Å². The molecule has 0 unspecified atom stereocenters. The Labute approximate surface area is 197 Å². The Morgan fingerprint density at radius 1 is 1.03 bits per heavy atom. The van der Waals surface area contributed by atoms with Crippen LogP contribution in [0.2, 0.25) is 0 Å². The standard InChI is InChI=1S/C28H35N3O2/c1-3-4-5-6-7-8-9-10-11-14-17-31-27(32)24(21(2)25(19-29)28(31)33)18-22-20-30-26-16-13-12-15-23(22)26/h12-13,15-16,18,20,32H,3-11,14,17H2,1-2H3/b22-18+. The van der Waals surface area contributed by atoms with Crippen molar-refractivity contribution in [3.63, 3.8) is 0 Å². The first-order valence-electron chi connectivity index (χ1n) is 12.3. The van der Waals surface area contributed by atoms with Gasteiger partial charge in [-0.25, -0.2) is 0 Å². The normalized spacial score (nSPS) is 13.4. The number of benzene rings is 1. The van der Waals surface area contributed by atoms with Crippen LogP contribution in [0.25, 0.3) is 11.6 Å². The van der Waals surface area contributed by atoms with E-state index in [-0.39, 0.29) is 11.4 Å². The number of nitrogens with zero attached hydrogens (tertiary/aromatic N) is 3. The van der Waals surface area contributed by atoms with Crippen molar-refractivity contribution in [2.45, 2.75) is 84.6 Å². The number of nitriles is 1. The molecule has 0 spiro atoms. The van der Waals surface area contributed by atoms with Gasteiger partial charge in [-0.1, -0.05) is 82.9 Å². The van der Waals surface area contributed by atoms with Gasteiger partial charge in [0.2, 0.25) is 5.88 Å². The molecule has 1 aliphatic heterocycles. The molecule has 0 atom stereocenters. The zero-order chi connectivity index (χ0) is 23.6. The number of aromatic hydroxyl groups is 1. The number of hydrogen-bond donors (Lipinski definition) is 1. The highest BCUT2D eigenvalue weighted by molar-refractivity contribution is 6.21. The van der Waals surface area contributed by atoms with Crippen molar-refractivity contribution in [1.82, 2.24) is 4.57 Å². The van der Waals surface area contributed by atoms with Gasteiger partial charge in [0.05, 0.1) is 5.69 Å². The number of aliphatic imine (C=N–C) groups is 1. The summed E-state index contributed by atoms with van der Waals surface area (Å²) in [5.41, 5.74) is 3.40. The molecule has 2 heterocycles. The second kappa shape index (κ2) is 12.2. The lowest BCUT2D eigenvalue weighted by molar-refractivity contribution is 0.396. The van der Waals surface area contributed by atoms with E-state index in [1.54, 1.807) is 13.1 Å². The van der Waals surface area contributed by atoms with E-state index in [0.717, 1.165) is 36.1 Å². The molecule has 0 amide bonds. The van der Waals surface area contributed by atoms with Crippen LogP contribution in [0, 0.1) is 18.3 Å². The molecule has 1 aromatic carbocycles. The third kappa shape index (κ3) is 6.01. The predicted molar refractivity (Wildman–Crippen MR) is 136 cm³/mol. The summed E-state index contributed by atoms with van der Waals surface area (Å²) in [7, 11) is 0. The van der Waals surface area contributed by atoms with Gasteiger partial charge in [0, 0.05) is 29.5 Å². The van der Waals surface area contributed by atoms with Crippen LogP contribution in [-0.2, 0) is 6.54 Å². The Morgan fingerprint density at radius 3 is 2.33 bits per heavy atom. The number of allylic oxidation sites excluding steroid dienone is 1. The second-order valence-electron chi connectivity index (χ2n) is 8.86. The lowest BCUT2D eigenvalue weighted by Crippen LogP contribution is -2.25. The molecule has 5 heteroatoms. The fraction of sp³-hybridized carbons (Fsp3) is 0.464. The van der Waals surface area contributed by atoms with Gasteiger partial charge >= 0.3 is 0 Å². The van der Waals surface area contributed by atoms with Crippen LogP contribution >= 0.6 is 0 Å². The summed E-state index contributed by atoms with van der Waals surface area (Å²) >= 11 is 0. The van der Waals surface area contributed by atoms with Gasteiger partial charge in [0.1, 0.15) is 11.6 Å². The molecule has 1 aliphatic rings. The van der Waals surface area contributed by atoms with Crippen LogP contribution < -0.4 is 5.56 Å². The van der Waals surface area contributed by atoms with Crippen molar-refractivity contribution in [2.24, 2.45) is 4.99 Å². The van der Waals surface area contributed by atoms with Crippen LogP contribution in [0.15, 0.2) is 34.1 Å². The molecular weight excluding hydrogens is 410 g/mol. The molecule has 0 saturated carbocycles. The van der Waals surface area contributed by atoms with Crippen molar-refractivity contribution in [3.05, 3.63) is 56.9 Å². The van der Waals surface area contributed by atoms with Crippen LogP contribution in [0.1, 0.15) is 93.4 Å². The molecule has 33 heavy (non-hydrogen) atoms. The molecule has 1 aromatic heterocycles. The maximum Gasteiger partial charge on any atom is 0.271 e. The number of aromatic nitrogens is 1. The smallest absolute Gasteiger partial charge is 0.271 e. The summed E-state index contributed by atoms with van der Waals surface area (Å²) in [4.78, 5) is 17.3. The fourth-order valence-electron chi connectivity index (χ4n) is 4.42. The quantitative estimate of drug-likeness (QED) is 0.360. The SMILES string of the molecule is CCCCCCCCCCCCn1c(O)c(/C=C2\C=Nc3ccccc32)c(C)c(C#N)c1=O. The van der Waals surface area contributed by atoms with Gasteiger partial charge in [0.25, 0.3) is 5.56 Å². The van der Waals surface area contributed by atoms with Gasteiger partial charge in [0.15, 0.2) is 0 Å². The summed E-state index contributed by atoms with van der Waals surface area (Å²) in [6.07, 6.45) is 15.6. The average molecular weight is 446 g/mol. The molecule has 2 aromatic rings. The van der Waals surface area contributed by atoms with E-state index in [1.165, 1.54) is 49.5 Å². The van der Waals surface area contributed by atoms with E-state index in [1.807, 2.05) is 36.4 Å². The van der Waals surface area contributed by atoms with Crippen molar-refractivity contribution < 1.29 is 5.11 Å². The minimum atomic E-state index is -0.411. The highest BCUT2D eigenvalue weighted by Crippen LogP contribution is 2.34. The number of unbranched alkanes of at least 4 members (excludes halogenated alkanes) is 9. The number of rotatable bonds is 12. The minimum absolute atomic E-state index is 0.0716. The zero-order valence-electron chi connectivity index (χ0n) is 19.9. The molecule has 174 valence electrons. The number of hydrogen-bond acceptors (Lipinski definition) is 4. The Balaban J connectivity index is 1.69. The van der Waals surface area contributed by atoms with Crippen LogP contribution in [0.5, 0.6) is 5.88 Å². The molecule has 0 radical (unpaired) electrons. The van der Waals surface area contributed by atoms with Crippen LogP contribution in [0.4, 0.5) is 5.69 Å². The van der Waals surface area contributed by atoms with Crippen LogP contribution in [0.3, 0.4) is 0 Å². The lowest BCUT2D eigenvalue weighted by Gasteiger charge is -2.15. The van der Waals surface area contributed by atoms with Crippen molar-refractivity contribution >= 4 is 23.6 Å². The van der Waals surface area contributed by atoms with E-state index >= 15 is 0 Å². The highest BCUT2D eigenvalue weighted by atomic mass is 16.3. The number of pyridine rings is 1. The predicted octanol–water partition coefficient (Wildman–Crippen LogP) is 6.91. The maximum absolute atomic E-state index is 12.9. The summed E-state index contributed by atoms with van der Waals surface area (Å²) in [5, 5.41) is 20.6. The fourth-order valence-corrected chi connectivity index (χ4v) is 4.42. The second-order valence-corrected chi connectivity index (χ2v) is 8.86. The summed E-state index contributed by atoms with van der Waals surface area (Å²) in [6, 6.07) is 9.84. The molecule has 0 fully saturated rings. The topological polar surface area (TPSA) is 78.4 Å². The lowest BCUT2D eigenvalue weighted by atomic mass is 10.00. The van der Waals surface area contributed by atoms with E-state index in [4.69, 9.17) is 0 Å². The molecule has 0 bridgehead atoms. The van der Waals surface area contributed by atoms with Crippen molar-refractivity contribution in [3.8, 4) is 11.9 Å². The Kier molecular flexibility index (Phi) is 9.06. The van der Waals surface area contributed by atoms with Gasteiger partial charge in [-0.15, -0.1) is 0 Å². The number of fused-ring (bicyclic) bond motifs is 1. The third-order valence-corrected chi connectivity index (χ3v) is 6.44. The van der Waals surface area contributed by atoms with Crippen molar-refractivity contribution in [1.29, 1.82) is 5.26 Å². The summed E-state index contributed by atoms with van der Waals surface area (Å²) in [6.45, 7) is 4.37. The Morgan fingerprint density at radius 2 is 1.67 bits per heavy atom. The van der Waals surface area contributed by atoms with Gasteiger partial charge in [-0.3, -0.25) is 14.4 Å². The van der Waals surface area contributed by atoms with Gasteiger partial charge in [-0.2, -0.15) is 5.26 Å². The average Bonchev–Trinajstić information content (AvgIpc) is 3.23. The van der Waals surface area contributed by atoms with Gasteiger partial charge < -0.3 is 5.11 Å². The van der Waals surface area contributed by atoms with E-state index in [9.17, 15) is 15.2 Å². The van der Waals surface area contributed by atoms with E-state index < -0.39 is 5.56 Å². The molecular formula is C28H35N3O2. The van der Waals surface area contributed by atoms with E-state index in [0.29, 0.717) is 17.7 Å². The Bertz CT molecular complexity index is 1120. The van der Waals surface area contributed by atoms with Gasteiger partial charge in [-0.05, 0) is 31.1 Å². The summed E-state index contributed by atoms with van der Waals surface area (Å²) in [5.74, 6) is -0.0716. The highest BCUT2D eigenvalue weighted by Gasteiger charge is 2.19. The maximum atomic E-state index is 12.9. The first-order valence-corrected chi connectivity index (χ1v) is 12.3. The first-order chi connectivity index (χ1) is 16.1. The summed E-state index contributed by atoms with van der Waals surface area (Å²) < 4.78 is 1.36. The molecule has 3 rings (SSSR count). The zero-order valence-corrected chi connectivity index (χ0v) is 19.9. The van der Waals surface area contributed by atoms with E-state index in [2.05, 4.69) is 11.9 Å². The molecule has 5 nitrogen and oxygen atoms in total. The molecule has 0 aliphatic carbocycles. The Hall–Kier alpha value is -3.13. The van der Waals surface area contributed by atoms with Crippen LogP contribution in [-0.4, -0.2) is 15.9 Å². The minimum Gasteiger partial charge on any atom is -0.494 e. The largest absolute Gasteiger partial charge is 0.494 e. The monoisotopic (exact) mass is 445 g/mol. The third-order valence-electron chi connectivity index (χ3n) is 6.44.